The minimum Gasteiger partial charge on any atom is -0.399 e. The molecule has 0 aliphatic heterocycles. The van der Waals surface area contributed by atoms with Gasteiger partial charge in [0.25, 0.3) is 0 Å². The number of nitrogen functional groups attached to an aromatic ring is 2. The summed E-state index contributed by atoms with van der Waals surface area (Å²) in [6, 6.07) is 31.3. The fraction of sp³-hybridized carbons (Fsp3) is 0.500. The molecular weight excluding hydrogens is 605 g/mol. The smallest absolute Gasteiger partial charge is 0.0314 e. The van der Waals surface area contributed by atoms with Crippen molar-refractivity contribution in [3.8, 4) is 0 Å². The molecule has 0 saturated heterocycles. The highest BCUT2D eigenvalue weighted by molar-refractivity contribution is 5.43. The largest absolute Gasteiger partial charge is 0.399 e. The zero-order chi connectivity index (χ0) is 35.2. The SMILES string of the molecule is CCCCc1cc(CCCCCCCCCCCCCCc2ccc(Cc3ccc(N)cc3)c(CCCC)c2)ccc1Cc1ccc(N)cc1. The zero-order valence-corrected chi connectivity index (χ0v) is 31.8. The van der Waals surface area contributed by atoms with Crippen LogP contribution in [0.25, 0.3) is 0 Å². The van der Waals surface area contributed by atoms with Crippen LogP contribution < -0.4 is 11.5 Å². The van der Waals surface area contributed by atoms with E-state index < -0.39 is 0 Å². The molecule has 2 nitrogen and oxygen atoms in total. The third kappa shape index (κ3) is 14.8. The fourth-order valence-electron chi connectivity index (χ4n) is 7.35. The van der Waals surface area contributed by atoms with Crippen LogP contribution in [0.1, 0.15) is 161 Å². The number of hydrogen-bond donors (Lipinski definition) is 2. The van der Waals surface area contributed by atoms with E-state index in [4.69, 9.17) is 11.5 Å². The molecule has 4 aromatic rings. The molecule has 270 valence electrons. The fourth-order valence-corrected chi connectivity index (χ4v) is 7.35. The third-order valence-corrected chi connectivity index (χ3v) is 10.6. The van der Waals surface area contributed by atoms with Gasteiger partial charge in [-0.3, -0.25) is 0 Å². The monoisotopic (exact) mass is 673 g/mol. The summed E-state index contributed by atoms with van der Waals surface area (Å²) >= 11 is 0. The quantitative estimate of drug-likeness (QED) is 0.0544. The second kappa shape index (κ2) is 23.0. The molecule has 4 rings (SSSR count). The van der Waals surface area contributed by atoms with Gasteiger partial charge in [-0.2, -0.15) is 0 Å². The maximum Gasteiger partial charge on any atom is 0.0314 e. The van der Waals surface area contributed by atoms with Gasteiger partial charge in [-0.15, -0.1) is 0 Å². The van der Waals surface area contributed by atoms with Crippen LogP contribution >= 0.6 is 0 Å². The van der Waals surface area contributed by atoms with Crippen molar-refractivity contribution < 1.29 is 0 Å². The lowest BCUT2D eigenvalue weighted by atomic mass is 9.93. The Kier molecular flexibility index (Phi) is 18.1. The lowest BCUT2D eigenvalue weighted by molar-refractivity contribution is 0.540. The molecule has 0 heterocycles. The van der Waals surface area contributed by atoms with E-state index in [1.165, 1.54) is 162 Å². The molecule has 2 heteroatoms. The first-order valence-electron chi connectivity index (χ1n) is 20.4. The summed E-state index contributed by atoms with van der Waals surface area (Å²) in [4.78, 5) is 0. The zero-order valence-electron chi connectivity index (χ0n) is 31.8. The van der Waals surface area contributed by atoms with E-state index in [2.05, 4.69) is 74.5 Å². The van der Waals surface area contributed by atoms with Gasteiger partial charge in [0.1, 0.15) is 0 Å². The summed E-state index contributed by atoms with van der Waals surface area (Å²) in [5, 5.41) is 0. The summed E-state index contributed by atoms with van der Waals surface area (Å²) in [7, 11) is 0. The van der Waals surface area contributed by atoms with Crippen LogP contribution in [0.2, 0.25) is 0 Å². The number of aryl methyl sites for hydroxylation is 4. The Morgan fingerprint density at radius 3 is 0.980 bits per heavy atom. The highest BCUT2D eigenvalue weighted by Crippen LogP contribution is 2.23. The van der Waals surface area contributed by atoms with Crippen molar-refractivity contribution in [1.82, 2.24) is 0 Å². The average molecular weight is 673 g/mol. The van der Waals surface area contributed by atoms with Crippen molar-refractivity contribution >= 4 is 11.4 Å². The van der Waals surface area contributed by atoms with Crippen LogP contribution in [0, 0.1) is 0 Å². The van der Waals surface area contributed by atoms with Crippen molar-refractivity contribution in [3.63, 3.8) is 0 Å². The molecule has 0 fully saturated rings. The third-order valence-electron chi connectivity index (χ3n) is 10.6. The topological polar surface area (TPSA) is 52.0 Å². The standard InChI is InChI=1S/C48H68N2/c1-3-5-21-43-35-39(23-29-45(43)37-41-25-31-47(49)32-26-41)19-17-15-13-11-9-7-8-10-12-14-16-18-20-40-24-30-46(44(36-40)22-6-4-2)38-42-27-33-48(50)34-28-42/h23-36H,3-22,37-38,49-50H2,1-2H3. The van der Waals surface area contributed by atoms with Crippen LogP contribution in [0.5, 0.6) is 0 Å². The highest BCUT2D eigenvalue weighted by atomic mass is 14.5. The predicted molar refractivity (Wildman–Crippen MR) is 220 cm³/mol. The maximum atomic E-state index is 5.90. The van der Waals surface area contributed by atoms with Gasteiger partial charge in [0.15, 0.2) is 0 Å². The molecule has 0 aliphatic carbocycles. The maximum absolute atomic E-state index is 5.90. The van der Waals surface area contributed by atoms with Crippen molar-refractivity contribution in [3.05, 3.63) is 129 Å². The number of hydrogen-bond acceptors (Lipinski definition) is 2. The molecule has 0 atom stereocenters. The predicted octanol–water partition coefficient (Wildman–Crippen LogP) is 13.2. The van der Waals surface area contributed by atoms with Crippen LogP contribution in [0.3, 0.4) is 0 Å². The minimum absolute atomic E-state index is 0.841. The van der Waals surface area contributed by atoms with Crippen molar-refractivity contribution in [1.29, 1.82) is 0 Å². The lowest BCUT2D eigenvalue weighted by Crippen LogP contribution is -1.99. The van der Waals surface area contributed by atoms with Gasteiger partial charge in [-0.25, -0.2) is 0 Å². The van der Waals surface area contributed by atoms with Gasteiger partial charge in [0, 0.05) is 11.4 Å². The lowest BCUT2D eigenvalue weighted by Gasteiger charge is -2.13. The molecule has 0 bridgehead atoms. The Balaban J connectivity index is 1.03. The van der Waals surface area contributed by atoms with E-state index >= 15 is 0 Å². The van der Waals surface area contributed by atoms with Crippen molar-refractivity contribution in [2.24, 2.45) is 0 Å². The Morgan fingerprint density at radius 1 is 0.320 bits per heavy atom. The Hall–Kier alpha value is -3.52. The molecule has 0 unspecified atom stereocenters. The summed E-state index contributed by atoms with van der Waals surface area (Å²) < 4.78 is 0. The molecule has 4 aromatic carbocycles. The minimum atomic E-state index is 0.841. The molecular formula is C48H68N2. The van der Waals surface area contributed by atoms with Gasteiger partial charge in [0.05, 0.1) is 0 Å². The first-order chi connectivity index (χ1) is 24.5. The van der Waals surface area contributed by atoms with E-state index in [1.54, 1.807) is 11.1 Å². The van der Waals surface area contributed by atoms with Gasteiger partial charge >= 0.3 is 0 Å². The first kappa shape index (κ1) is 39.3. The molecule has 0 amide bonds. The number of rotatable bonds is 25. The van der Waals surface area contributed by atoms with E-state index in [-0.39, 0.29) is 0 Å². The molecule has 0 aromatic heterocycles. The summed E-state index contributed by atoms with van der Waals surface area (Å²) in [5.74, 6) is 0. The highest BCUT2D eigenvalue weighted by Gasteiger charge is 2.08. The molecule has 4 N–H and O–H groups in total. The molecule has 0 spiro atoms. The molecule has 0 aliphatic rings. The summed E-state index contributed by atoms with van der Waals surface area (Å²) in [5.41, 5.74) is 25.3. The van der Waals surface area contributed by atoms with Gasteiger partial charge in [-0.05, 0) is 133 Å². The van der Waals surface area contributed by atoms with E-state index in [0.717, 1.165) is 24.2 Å². The number of unbranched alkanes of at least 4 members (excludes halogenated alkanes) is 13. The van der Waals surface area contributed by atoms with Crippen molar-refractivity contribution in [2.45, 2.75) is 155 Å². The van der Waals surface area contributed by atoms with Gasteiger partial charge < -0.3 is 11.5 Å². The Labute approximate surface area is 306 Å². The van der Waals surface area contributed by atoms with Gasteiger partial charge in [-0.1, -0.05) is 152 Å². The second-order valence-electron chi connectivity index (χ2n) is 15.0. The van der Waals surface area contributed by atoms with Crippen LogP contribution in [0.4, 0.5) is 11.4 Å². The molecule has 50 heavy (non-hydrogen) atoms. The average Bonchev–Trinajstić information content (AvgIpc) is 3.13. The van der Waals surface area contributed by atoms with Crippen molar-refractivity contribution in [2.75, 3.05) is 11.5 Å². The Bertz CT molecular complexity index is 1370. The van der Waals surface area contributed by atoms with E-state index in [9.17, 15) is 0 Å². The summed E-state index contributed by atoms with van der Waals surface area (Å²) in [6.45, 7) is 4.58. The molecule has 0 saturated carbocycles. The Morgan fingerprint density at radius 2 is 0.640 bits per heavy atom. The molecule has 0 radical (unpaired) electrons. The van der Waals surface area contributed by atoms with E-state index in [0.29, 0.717) is 0 Å². The van der Waals surface area contributed by atoms with E-state index in [1.807, 2.05) is 24.3 Å². The van der Waals surface area contributed by atoms with Crippen LogP contribution in [-0.4, -0.2) is 0 Å². The number of anilines is 2. The van der Waals surface area contributed by atoms with Gasteiger partial charge in [0.2, 0.25) is 0 Å². The van der Waals surface area contributed by atoms with Crippen LogP contribution in [0.15, 0.2) is 84.9 Å². The normalized spacial score (nSPS) is 11.3. The number of benzene rings is 4. The second-order valence-corrected chi connectivity index (χ2v) is 15.0. The van der Waals surface area contributed by atoms with Crippen LogP contribution in [-0.2, 0) is 38.5 Å². The summed E-state index contributed by atoms with van der Waals surface area (Å²) in [6.07, 6.45) is 28.5. The number of nitrogens with two attached hydrogens (primary N) is 2. The first-order valence-corrected chi connectivity index (χ1v) is 20.4.